The topological polar surface area (TPSA) is 3.24 Å². The van der Waals surface area contributed by atoms with E-state index in [4.69, 9.17) is 0 Å². The fraction of sp³-hybridized carbons (Fsp3) is 0.226. The van der Waals surface area contributed by atoms with Gasteiger partial charge in [0.1, 0.15) is 0 Å². The summed E-state index contributed by atoms with van der Waals surface area (Å²) < 4.78 is 0. The highest BCUT2D eigenvalue weighted by Crippen LogP contribution is 2.53. The quantitative estimate of drug-likeness (QED) is 0.140. The maximum atomic E-state index is 2.48. The predicted molar refractivity (Wildman–Crippen MR) is 271 cm³/mol. The molecule has 0 unspecified atom stereocenters. The van der Waals surface area contributed by atoms with Crippen molar-refractivity contribution in [2.75, 3.05) is 11.9 Å². The molecule has 0 saturated carbocycles. The average molecular weight is 820 g/mol. The zero-order valence-corrected chi connectivity index (χ0v) is 38.8. The highest BCUT2D eigenvalue weighted by atomic mass is 15.1. The van der Waals surface area contributed by atoms with Crippen LogP contribution in [0, 0.1) is 6.92 Å². The molecule has 0 radical (unpaired) electrons. The lowest BCUT2D eigenvalue weighted by molar-refractivity contribution is 0.522. The van der Waals surface area contributed by atoms with Crippen LogP contribution in [0.4, 0.5) is 11.4 Å². The van der Waals surface area contributed by atoms with Crippen molar-refractivity contribution < 1.29 is 0 Å². The van der Waals surface area contributed by atoms with Crippen molar-refractivity contribution in [1.29, 1.82) is 0 Å². The van der Waals surface area contributed by atoms with Gasteiger partial charge in [0.05, 0.1) is 0 Å². The molecular formula is C62H61N. The molecule has 0 N–H and O–H groups in total. The van der Waals surface area contributed by atoms with Gasteiger partial charge >= 0.3 is 0 Å². The molecule has 0 atom stereocenters. The van der Waals surface area contributed by atoms with Gasteiger partial charge in [-0.25, -0.2) is 0 Å². The molecule has 0 heterocycles. The van der Waals surface area contributed by atoms with Gasteiger partial charge in [0, 0.05) is 34.7 Å². The first-order valence-corrected chi connectivity index (χ1v) is 22.8. The fourth-order valence-corrected chi connectivity index (χ4v) is 10.8. The molecule has 0 amide bonds. The van der Waals surface area contributed by atoms with Crippen molar-refractivity contribution in [2.45, 2.75) is 84.5 Å². The van der Waals surface area contributed by atoms with Crippen LogP contribution in [0.2, 0.25) is 0 Å². The smallest absolute Gasteiger partial charge is 0.0437 e. The molecule has 8 aromatic rings. The maximum absolute atomic E-state index is 2.48. The summed E-state index contributed by atoms with van der Waals surface area (Å²) in [5.41, 5.74) is 22.8. The normalized spacial score (nSPS) is 14.0. The third kappa shape index (κ3) is 7.32. The molecule has 0 aromatic heterocycles. The second-order valence-corrected chi connectivity index (χ2v) is 19.7. The molecule has 0 fully saturated rings. The Hall–Kier alpha value is -6.44. The number of para-hydroxylation sites is 1. The Labute approximate surface area is 377 Å². The Morgan fingerprint density at radius 1 is 0.460 bits per heavy atom. The predicted octanol–water partition coefficient (Wildman–Crippen LogP) is 16.8. The third-order valence-corrected chi connectivity index (χ3v) is 14.3. The van der Waals surface area contributed by atoms with Crippen molar-refractivity contribution >= 4 is 11.4 Å². The third-order valence-electron chi connectivity index (χ3n) is 14.3. The number of hydrogen-bond donors (Lipinski definition) is 0. The van der Waals surface area contributed by atoms with E-state index in [1.54, 1.807) is 0 Å². The van der Waals surface area contributed by atoms with E-state index in [1.165, 1.54) is 94.7 Å². The minimum atomic E-state index is -0.201. The van der Waals surface area contributed by atoms with Gasteiger partial charge < -0.3 is 4.90 Å². The number of anilines is 2. The summed E-state index contributed by atoms with van der Waals surface area (Å²) in [6.07, 6.45) is 0. The Balaban J connectivity index is 1.26. The Bertz CT molecular complexity index is 2980. The SMILES string of the molecule is Cc1ccccc1N(C)c1cccc(-c2cccc(-c3cc(-c4cccc(C(C)(C)c5ccccc5)c4C(C)C)cc(-c4cccc5c4C(C)(C)c4ccccc4C5(C)C)c3)c2)c1. The second kappa shape index (κ2) is 16.0. The van der Waals surface area contributed by atoms with Crippen LogP contribution in [-0.4, -0.2) is 7.05 Å². The van der Waals surface area contributed by atoms with Gasteiger partial charge in [-0.1, -0.05) is 195 Å². The molecule has 0 bridgehead atoms. The van der Waals surface area contributed by atoms with Crippen LogP contribution in [-0.2, 0) is 16.2 Å². The molecule has 1 nitrogen and oxygen atoms in total. The molecule has 1 aliphatic rings. The van der Waals surface area contributed by atoms with Crippen molar-refractivity contribution in [2.24, 2.45) is 0 Å². The van der Waals surface area contributed by atoms with E-state index in [0.717, 1.165) is 5.69 Å². The molecule has 1 heteroatoms. The summed E-state index contributed by atoms with van der Waals surface area (Å²) in [5.74, 6) is 0.306. The number of nitrogens with zero attached hydrogens (tertiary/aromatic N) is 1. The van der Waals surface area contributed by atoms with Crippen LogP contribution in [0.25, 0.3) is 44.5 Å². The van der Waals surface area contributed by atoms with Gasteiger partial charge in [-0.3, -0.25) is 0 Å². The molecule has 0 saturated heterocycles. The van der Waals surface area contributed by atoms with Gasteiger partial charge in [-0.2, -0.15) is 0 Å². The Morgan fingerprint density at radius 3 is 1.67 bits per heavy atom. The summed E-state index contributed by atoms with van der Waals surface area (Å²) in [6.45, 7) is 21.3. The van der Waals surface area contributed by atoms with Gasteiger partial charge in [0.2, 0.25) is 0 Å². The summed E-state index contributed by atoms with van der Waals surface area (Å²) in [7, 11) is 2.16. The lowest BCUT2D eigenvalue weighted by Gasteiger charge is -2.45. The molecule has 63 heavy (non-hydrogen) atoms. The van der Waals surface area contributed by atoms with Crippen molar-refractivity contribution in [3.05, 3.63) is 226 Å². The van der Waals surface area contributed by atoms with Crippen LogP contribution < -0.4 is 4.90 Å². The summed E-state index contributed by atoms with van der Waals surface area (Å²) in [5, 5.41) is 0. The van der Waals surface area contributed by atoms with Crippen LogP contribution >= 0.6 is 0 Å². The van der Waals surface area contributed by atoms with Gasteiger partial charge in [-0.05, 0) is 144 Å². The lowest BCUT2D eigenvalue weighted by Crippen LogP contribution is -2.37. The van der Waals surface area contributed by atoms with Gasteiger partial charge in [0.15, 0.2) is 0 Å². The summed E-state index contributed by atoms with van der Waals surface area (Å²) in [6, 6.07) is 68.2. The van der Waals surface area contributed by atoms with Gasteiger partial charge in [0.25, 0.3) is 0 Å². The molecule has 0 spiro atoms. The van der Waals surface area contributed by atoms with Crippen LogP contribution in [0.1, 0.15) is 106 Å². The molecule has 8 aromatic carbocycles. The first kappa shape index (κ1) is 41.9. The monoisotopic (exact) mass is 819 g/mol. The van der Waals surface area contributed by atoms with E-state index < -0.39 is 0 Å². The van der Waals surface area contributed by atoms with E-state index >= 15 is 0 Å². The average Bonchev–Trinajstić information content (AvgIpc) is 3.30. The number of benzene rings is 8. The number of aryl methyl sites for hydroxylation is 1. The minimum absolute atomic E-state index is 0.143. The van der Waals surface area contributed by atoms with Crippen molar-refractivity contribution in [3.63, 3.8) is 0 Å². The summed E-state index contributed by atoms with van der Waals surface area (Å²) >= 11 is 0. The standard InChI is InChI=1S/C62H61N/c1-41(2)58-51(29-20-33-55(58)60(4,5)49-26-12-11-13-27-49)47-37-46(44-24-18-23-43(36-44)45-25-19-28-50(40-45)63(10)57-35-17-14-22-42(57)3)38-48(39-47)52-30-21-34-56-59(52)62(8,9)54-32-16-15-31-53(54)61(56,6)7/h11-41H,1-10H3. The maximum Gasteiger partial charge on any atom is 0.0437 e. The highest BCUT2D eigenvalue weighted by Gasteiger charge is 2.43. The van der Waals surface area contributed by atoms with Crippen molar-refractivity contribution in [1.82, 2.24) is 0 Å². The molecule has 1 aliphatic carbocycles. The summed E-state index contributed by atoms with van der Waals surface area (Å²) in [4.78, 5) is 2.29. The Morgan fingerprint density at radius 2 is 0.968 bits per heavy atom. The first-order chi connectivity index (χ1) is 30.2. The molecule has 9 rings (SSSR count). The minimum Gasteiger partial charge on any atom is -0.344 e. The van der Waals surface area contributed by atoms with Crippen LogP contribution in [0.15, 0.2) is 182 Å². The van der Waals surface area contributed by atoms with Crippen molar-refractivity contribution in [3.8, 4) is 44.5 Å². The van der Waals surface area contributed by atoms with E-state index in [1.807, 2.05) is 0 Å². The molecule has 0 aliphatic heterocycles. The molecule has 314 valence electrons. The Kier molecular flexibility index (Phi) is 10.7. The lowest BCUT2D eigenvalue weighted by atomic mass is 9.58. The largest absolute Gasteiger partial charge is 0.344 e. The van der Waals surface area contributed by atoms with E-state index in [9.17, 15) is 0 Å². The van der Waals surface area contributed by atoms with E-state index in [0.29, 0.717) is 5.92 Å². The number of fused-ring (bicyclic) bond motifs is 2. The van der Waals surface area contributed by atoms with Crippen LogP contribution in [0.3, 0.4) is 0 Å². The van der Waals surface area contributed by atoms with Crippen LogP contribution in [0.5, 0.6) is 0 Å². The molecular weight excluding hydrogens is 759 g/mol. The number of hydrogen-bond acceptors (Lipinski definition) is 1. The van der Waals surface area contributed by atoms with Gasteiger partial charge in [-0.15, -0.1) is 0 Å². The highest BCUT2D eigenvalue weighted by molar-refractivity contribution is 5.87. The first-order valence-electron chi connectivity index (χ1n) is 22.8. The van der Waals surface area contributed by atoms with E-state index in [2.05, 4.69) is 256 Å². The number of rotatable bonds is 9. The zero-order chi connectivity index (χ0) is 44.3. The van der Waals surface area contributed by atoms with E-state index in [-0.39, 0.29) is 16.2 Å². The fourth-order valence-electron chi connectivity index (χ4n) is 10.8. The second-order valence-electron chi connectivity index (χ2n) is 19.7. The zero-order valence-electron chi connectivity index (χ0n) is 38.8.